The Balaban J connectivity index is 1.96. The van der Waals surface area contributed by atoms with E-state index in [1.807, 2.05) is 0 Å². The van der Waals surface area contributed by atoms with Crippen LogP contribution in [-0.2, 0) is 0 Å². The largest absolute Gasteiger partial charge is 0.494 e. The van der Waals surface area contributed by atoms with Gasteiger partial charge in [-0.2, -0.15) is 0 Å². The van der Waals surface area contributed by atoms with Crippen molar-refractivity contribution in [3.05, 3.63) is 24.0 Å². The second-order valence-electron chi connectivity index (χ2n) is 5.13. The molecule has 1 aliphatic rings. The molecule has 116 valence electrons. The van der Waals surface area contributed by atoms with Crippen molar-refractivity contribution in [1.82, 2.24) is 4.90 Å². The molecule has 1 aromatic carbocycles. The Bertz CT molecular complexity index is 492. The van der Waals surface area contributed by atoms with E-state index in [2.05, 4.69) is 5.32 Å². The van der Waals surface area contributed by atoms with Crippen LogP contribution in [0.1, 0.15) is 25.7 Å². The van der Waals surface area contributed by atoms with Crippen LogP contribution in [0.3, 0.4) is 0 Å². The normalized spacial score (nSPS) is 13.9. The Hall–Kier alpha value is -1.82. The van der Waals surface area contributed by atoms with Crippen LogP contribution in [0.25, 0.3) is 0 Å². The lowest BCUT2D eigenvalue weighted by atomic mass is 10.3. The van der Waals surface area contributed by atoms with Gasteiger partial charge in [0.1, 0.15) is 0 Å². The lowest BCUT2D eigenvalue weighted by Crippen LogP contribution is -2.37. The molecule has 0 atom stereocenters. The van der Waals surface area contributed by atoms with Crippen molar-refractivity contribution in [2.45, 2.75) is 31.7 Å². The summed E-state index contributed by atoms with van der Waals surface area (Å²) in [7, 11) is 1.40. The lowest BCUT2D eigenvalue weighted by molar-refractivity contribution is 0.204. The molecule has 1 saturated carbocycles. The van der Waals surface area contributed by atoms with Crippen molar-refractivity contribution in [2.75, 3.05) is 25.6 Å². The highest BCUT2D eigenvalue weighted by Gasteiger charge is 2.32. The van der Waals surface area contributed by atoms with Crippen molar-refractivity contribution < 1.29 is 19.0 Å². The summed E-state index contributed by atoms with van der Waals surface area (Å²) in [6.45, 7) is 0.736. The summed E-state index contributed by atoms with van der Waals surface area (Å²) >= 11 is 0. The first-order chi connectivity index (χ1) is 10.2. The van der Waals surface area contributed by atoms with E-state index in [4.69, 9.17) is 9.84 Å². The molecule has 1 aliphatic carbocycles. The number of hydrogen-bond acceptors (Lipinski definition) is 3. The zero-order valence-electron chi connectivity index (χ0n) is 12.1. The molecule has 0 unspecified atom stereocenters. The number of urea groups is 1. The van der Waals surface area contributed by atoms with Crippen molar-refractivity contribution in [2.24, 2.45) is 0 Å². The van der Waals surface area contributed by atoms with Crippen LogP contribution in [0.5, 0.6) is 5.75 Å². The number of halogens is 1. The maximum Gasteiger partial charge on any atom is 0.322 e. The van der Waals surface area contributed by atoms with E-state index in [-0.39, 0.29) is 24.4 Å². The predicted molar refractivity (Wildman–Crippen MR) is 78.0 cm³/mol. The predicted octanol–water partition coefficient (Wildman–Crippen LogP) is 2.60. The van der Waals surface area contributed by atoms with E-state index in [9.17, 15) is 9.18 Å². The van der Waals surface area contributed by atoms with Gasteiger partial charge in [-0.15, -0.1) is 0 Å². The Morgan fingerprint density at radius 3 is 2.81 bits per heavy atom. The fourth-order valence-electron chi connectivity index (χ4n) is 2.17. The topological polar surface area (TPSA) is 61.8 Å². The number of aliphatic hydroxyl groups is 1. The summed E-state index contributed by atoms with van der Waals surface area (Å²) in [5, 5.41) is 11.5. The van der Waals surface area contributed by atoms with Crippen molar-refractivity contribution >= 4 is 11.7 Å². The molecule has 0 bridgehead atoms. The molecule has 5 nitrogen and oxygen atoms in total. The summed E-state index contributed by atoms with van der Waals surface area (Å²) < 4.78 is 18.4. The first kappa shape index (κ1) is 15.6. The molecule has 0 radical (unpaired) electrons. The van der Waals surface area contributed by atoms with Gasteiger partial charge in [-0.05, 0) is 37.8 Å². The van der Waals surface area contributed by atoms with Gasteiger partial charge in [-0.1, -0.05) is 0 Å². The summed E-state index contributed by atoms with van der Waals surface area (Å²) in [5.41, 5.74) is 0.408. The fraction of sp³-hybridized carbons (Fsp3) is 0.533. The van der Waals surface area contributed by atoms with Crippen LogP contribution in [-0.4, -0.2) is 42.3 Å². The monoisotopic (exact) mass is 296 g/mol. The molecule has 0 heterocycles. The van der Waals surface area contributed by atoms with E-state index in [0.717, 1.165) is 19.3 Å². The minimum Gasteiger partial charge on any atom is -0.494 e. The number of nitrogens with one attached hydrogen (secondary N) is 1. The van der Waals surface area contributed by atoms with Gasteiger partial charge in [0.15, 0.2) is 11.6 Å². The van der Waals surface area contributed by atoms with Crippen molar-refractivity contribution in [3.8, 4) is 5.75 Å². The molecule has 0 aromatic heterocycles. The smallest absolute Gasteiger partial charge is 0.322 e. The number of hydrogen-bond donors (Lipinski definition) is 2. The summed E-state index contributed by atoms with van der Waals surface area (Å²) in [5.74, 6) is -0.358. The van der Waals surface area contributed by atoms with Crippen LogP contribution in [0.15, 0.2) is 18.2 Å². The molecule has 1 aromatic rings. The molecule has 0 saturated heterocycles. The molecule has 0 aliphatic heterocycles. The van der Waals surface area contributed by atoms with Crippen LogP contribution in [0.2, 0.25) is 0 Å². The number of methoxy groups -OCH3 is 1. The van der Waals surface area contributed by atoms with E-state index < -0.39 is 5.82 Å². The van der Waals surface area contributed by atoms with E-state index in [0.29, 0.717) is 18.7 Å². The molecular formula is C15H21FN2O3. The third kappa shape index (κ3) is 4.32. The number of benzene rings is 1. The van der Waals surface area contributed by atoms with E-state index >= 15 is 0 Å². The maximum atomic E-state index is 13.6. The quantitative estimate of drug-likeness (QED) is 0.760. The highest BCUT2D eigenvalue weighted by atomic mass is 19.1. The van der Waals surface area contributed by atoms with Gasteiger partial charge in [0.25, 0.3) is 0 Å². The number of carbonyl (C=O) groups is 1. The first-order valence-corrected chi connectivity index (χ1v) is 7.17. The SMILES string of the molecule is COc1ccc(NC(=O)N(CCCCO)C2CC2)cc1F. The van der Waals surface area contributed by atoms with Gasteiger partial charge >= 0.3 is 6.03 Å². The van der Waals surface area contributed by atoms with E-state index in [1.165, 1.54) is 19.2 Å². The standard InChI is InChI=1S/C15H21FN2O3/c1-21-14-7-4-11(10-13(14)16)17-15(20)18(12-5-6-12)8-2-3-9-19/h4,7,10,12,19H,2-3,5-6,8-9H2,1H3,(H,17,20). The number of unbranched alkanes of at least 4 members (excludes halogenated alkanes) is 1. The van der Waals surface area contributed by atoms with Gasteiger partial charge in [0.2, 0.25) is 0 Å². The van der Waals surface area contributed by atoms with Crippen LogP contribution in [0, 0.1) is 5.82 Å². The number of aliphatic hydroxyl groups excluding tert-OH is 1. The Kier molecular flexibility index (Phi) is 5.38. The third-order valence-electron chi connectivity index (χ3n) is 3.46. The van der Waals surface area contributed by atoms with Crippen LogP contribution in [0.4, 0.5) is 14.9 Å². The number of carbonyl (C=O) groups excluding carboxylic acids is 1. The van der Waals surface area contributed by atoms with Gasteiger partial charge < -0.3 is 20.1 Å². The molecule has 6 heteroatoms. The Morgan fingerprint density at radius 1 is 1.48 bits per heavy atom. The highest BCUT2D eigenvalue weighted by Crippen LogP contribution is 2.28. The molecular weight excluding hydrogens is 275 g/mol. The highest BCUT2D eigenvalue weighted by molar-refractivity contribution is 5.89. The number of rotatable bonds is 7. The average Bonchev–Trinajstić information content (AvgIpc) is 3.28. The second-order valence-corrected chi connectivity index (χ2v) is 5.13. The van der Waals surface area contributed by atoms with Gasteiger partial charge in [0, 0.05) is 30.9 Å². The van der Waals surface area contributed by atoms with E-state index in [1.54, 1.807) is 11.0 Å². The van der Waals surface area contributed by atoms with Crippen LogP contribution >= 0.6 is 0 Å². The molecule has 2 N–H and O–H groups in total. The lowest BCUT2D eigenvalue weighted by Gasteiger charge is -2.22. The number of anilines is 1. The maximum absolute atomic E-state index is 13.6. The zero-order valence-corrected chi connectivity index (χ0v) is 12.1. The number of nitrogens with zero attached hydrogens (tertiary/aromatic N) is 1. The summed E-state index contributed by atoms with van der Waals surface area (Å²) in [6.07, 6.45) is 3.44. The molecule has 2 amide bonds. The van der Waals surface area contributed by atoms with Crippen molar-refractivity contribution in [1.29, 1.82) is 0 Å². The Morgan fingerprint density at radius 2 is 2.24 bits per heavy atom. The molecule has 21 heavy (non-hydrogen) atoms. The van der Waals surface area contributed by atoms with Gasteiger partial charge in [-0.3, -0.25) is 0 Å². The fourth-order valence-corrected chi connectivity index (χ4v) is 2.17. The molecule has 0 spiro atoms. The third-order valence-corrected chi connectivity index (χ3v) is 3.46. The Labute approximate surface area is 123 Å². The zero-order chi connectivity index (χ0) is 15.2. The molecule has 1 fully saturated rings. The first-order valence-electron chi connectivity index (χ1n) is 7.17. The number of ether oxygens (including phenoxy) is 1. The number of amides is 2. The second kappa shape index (κ2) is 7.26. The van der Waals surface area contributed by atoms with Gasteiger partial charge in [-0.25, -0.2) is 9.18 Å². The molecule has 2 rings (SSSR count). The van der Waals surface area contributed by atoms with Crippen LogP contribution < -0.4 is 10.1 Å². The van der Waals surface area contributed by atoms with Crippen molar-refractivity contribution in [3.63, 3.8) is 0 Å². The van der Waals surface area contributed by atoms with Gasteiger partial charge in [0.05, 0.1) is 7.11 Å². The summed E-state index contributed by atoms with van der Waals surface area (Å²) in [6, 6.07) is 4.39. The minimum atomic E-state index is -0.506. The average molecular weight is 296 g/mol. The minimum absolute atomic E-state index is 0.129. The summed E-state index contributed by atoms with van der Waals surface area (Å²) in [4.78, 5) is 14.0.